The molecule has 5 rings (SSSR count). The van der Waals surface area contributed by atoms with E-state index < -0.39 is 10.0 Å². The van der Waals surface area contributed by atoms with Gasteiger partial charge in [-0.2, -0.15) is 4.57 Å². The number of hydrogen-bond donors (Lipinski definition) is 1. The van der Waals surface area contributed by atoms with Gasteiger partial charge in [0.2, 0.25) is 11.3 Å². The predicted molar refractivity (Wildman–Crippen MR) is 135 cm³/mol. The van der Waals surface area contributed by atoms with Gasteiger partial charge in [-0.3, -0.25) is 4.72 Å². The second kappa shape index (κ2) is 9.32. The number of hydrogen-bond acceptors (Lipinski definition) is 4. The van der Waals surface area contributed by atoms with Crippen LogP contribution in [0.2, 0.25) is 0 Å². The fraction of sp³-hybridized carbons (Fsp3) is 0.0385. The van der Waals surface area contributed by atoms with Gasteiger partial charge in [0.05, 0.1) is 17.3 Å². The molecule has 0 aliphatic carbocycles. The van der Waals surface area contributed by atoms with Gasteiger partial charge in [-0.05, 0) is 58.6 Å². The molecule has 168 valence electrons. The minimum atomic E-state index is -3.87. The van der Waals surface area contributed by atoms with Crippen LogP contribution in [0.4, 0.5) is 5.82 Å². The Morgan fingerprint density at radius 3 is 2.15 bits per heavy atom. The lowest BCUT2D eigenvalue weighted by Gasteiger charge is -2.10. The number of sulfonamides is 1. The van der Waals surface area contributed by atoms with Crippen molar-refractivity contribution in [3.8, 4) is 5.82 Å². The molecule has 0 atom stereocenters. The molecule has 0 radical (unpaired) electrons. The Hall–Kier alpha value is -3.62. The zero-order valence-electron chi connectivity index (χ0n) is 18.0. The average molecular weight is 532 g/mol. The van der Waals surface area contributed by atoms with Crippen LogP contribution in [0.3, 0.4) is 0 Å². The highest BCUT2D eigenvalue weighted by Gasteiger charge is 2.25. The molecule has 34 heavy (non-hydrogen) atoms. The average Bonchev–Trinajstić information content (AvgIpc) is 2.84. The normalized spacial score (nSPS) is 11.4. The molecule has 0 saturated heterocycles. The molecule has 0 bridgehead atoms. The Kier molecular flexibility index (Phi) is 6.08. The molecule has 0 aliphatic rings. The van der Waals surface area contributed by atoms with Crippen LogP contribution in [0.1, 0.15) is 11.1 Å². The minimum absolute atomic E-state index is 0.138. The third-order valence-electron chi connectivity index (χ3n) is 5.26. The van der Waals surface area contributed by atoms with Crippen molar-refractivity contribution in [2.45, 2.75) is 11.3 Å². The van der Waals surface area contributed by atoms with Crippen LogP contribution in [0.5, 0.6) is 0 Å². The lowest BCUT2D eigenvalue weighted by atomic mass is 10.1. The Bertz CT molecular complexity index is 1570. The van der Waals surface area contributed by atoms with E-state index in [1.54, 1.807) is 22.8 Å². The monoisotopic (exact) mass is 531 g/mol. The molecule has 1 N–H and O–H groups in total. The topological polar surface area (TPSA) is 75.8 Å². The van der Waals surface area contributed by atoms with E-state index >= 15 is 0 Å². The fourth-order valence-corrected chi connectivity index (χ4v) is 4.90. The first-order valence-corrected chi connectivity index (χ1v) is 12.9. The van der Waals surface area contributed by atoms with Crippen molar-refractivity contribution >= 4 is 42.8 Å². The van der Waals surface area contributed by atoms with Crippen LogP contribution < -0.4 is 9.29 Å². The van der Waals surface area contributed by atoms with Crippen LogP contribution in [0, 0.1) is 0 Å². The van der Waals surface area contributed by atoms with E-state index in [2.05, 4.69) is 37.8 Å². The Labute approximate surface area is 206 Å². The van der Waals surface area contributed by atoms with Gasteiger partial charge in [-0.1, -0.05) is 64.5 Å². The molecule has 0 amide bonds. The number of nitrogens with one attached hydrogen (secondary N) is 1. The van der Waals surface area contributed by atoms with Crippen LogP contribution in [-0.2, 0) is 16.4 Å². The minimum Gasteiger partial charge on any atom is -0.256 e. The van der Waals surface area contributed by atoms with E-state index in [0.29, 0.717) is 16.9 Å². The molecule has 3 aromatic carbocycles. The lowest BCUT2D eigenvalue weighted by molar-refractivity contribution is -0.599. The van der Waals surface area contributed by atoms with Crippen molar-refractivity contribution in [3.63, 3.8) is 0 Å². The summed E-state index contributed by atoms with van der Waals surface area (Å²) in [5.41, 5.74) is 3.51. The summed E-state index contributed by atoms with van der Waals surface area (Å²) in [5, 5.41) is 0. The van der Waals surface area contributed by atoms with Crippen LogP contribution in [-0.4, -0.2) is 18.4 Å². The van der Waals surface area contributed by atoms with E-state index in [4.69, 9.17) is 4.98 Å². The van der Waals surface area contributed by atoms with E-state index in [0.717, 1.165) is 16.5 Å². The van der Waals surface area contributed by atoms with Crippen LogP contribution in [0.25, 0.3) is 16.9 Å². The van der Waals surface area contributed by atoms with E-state index in [9.17, 15) is 8.42 Å². The van der Waals surface area contributed by atoms with Gasteiger partial charge in [0.1, 0.15) is 5.52 Å². The first kappa shape index (κ1) is 22.2. The second-order valence-electron chi connectivity index (χ2n) is 7.73. The molecular formula is C26H20BrN4O2S+. The summed E-state index contributed by atoms with van der Waals surface area (Å²) in [5.74, 6) is 0.553. The van der Waals surface area contributed by atoms with Crippen molar-refractivity contribution in [3.05, 3.63) is 119 Å². The maximum atomic E-state index is 13.1. The number of pyridine rings is 1. The van der Waals surface area contributed by atoms with Gasteiger partial charge in [-0.25, -0.2) is 13.4 Å². The highest BCUT2D eigenvalue weighted by atomic mass is 79.9. The summed E-state index contributed by atoms with van der Waals surface area (Å²) in [4.78, 5) is 9.50. The molecule has 0 unspecified atom stereocenters. The van der Waals surface area contributed by atoms with Crippen LogP contribution >= 0.6 is 15.9 Å². The molecule has 6 nitrogen and oxygen atoms in total. The fourth-order valence-electron chi connectivity index (χ4n) is 3.63. The number of nitrogens with zero attached hydrogens (tertiary/aromatic N) is 3. The molecule has 2 heterocycles. The zero-order chi connectivity index (χ0) is 23.5. The molecule has 8 heteroatoms. The number of anilines is 1. The quantitative estimate of drug-likeness (QED) is 0.310. The van der Waals surface area contributed by atoms with Crippen molar-refractivity contribution in [2.24, 2.45) is 0 Å². The molecule has 5 aromatic rings. The number of halogens is 1. The third-order valence-corrected chi connectivity index (χ3v) is 7.15. The Balaban J connectivity index is 1.59. The standard InChI is InChI=1S/C26H20BrN4O2S/c27-21-12-14-22(15-13-21)34(32,33)30-25-26(29-24-11-5-4-10-23(24)28-25)31-16-6-9-20(18-31)17-19-7-2-1-3-8-19/h1-16,18H,17H2,(H,28,30)/q+1. The van der Waals surface area contributed by atoms with Crippen LogP contribution in [0.15, 0.2) is 113 Å². The summed E-state index contributed by atoms with van der Waals surface area (Å²) in [6, 6.07) is 27.9. The maximum Gasteiger partial charge on any atom is 0.372 e. The zero-order valence-corrected chi connectivity index (χ0v) is 20.4. The summed E-state index contributed by atoms with van der Waals surface area (Å²) in [6.45, 7) is 0. The third kappa shape index (κ3) is 4.83. The van der Waals surface area contributed by atoms with E-state index in [-0.39, 0.29) is 10.7 Å². The largest absolute Gasteiger partial charge is 0.372 e. The summed E-state index contributed by atoms with van der Waals surface area (Å²) >= 11 is 3.34. The molecule has 0 spiro atoms. The van der Waals surface area contributed by atoms with Crippen molar-refractivity contribution in [1.82, 2.24) is 9.97 Å². The van der Waals surface area contributed by atoms with Gasteiger partial charge in [-0.15, -0.1) is 0 Å². The number of para-hydroxylation sites is 2. The number of fused-ring (bicyclic) bond motifs is 1. The number of aromatic nitrogens is 3. The van der Waals surface area contributed by atoms with E-state index in [1.165, 1.54) is 17.7 Å². The molecular weight excluding hydrogens is 512 g/mol. The van der Waals surface area contributed by atoms with Gasteiger partial charge in [0.25, 0.3) is 10.0 Å². The van der Waals surface area contributed by atoms with Gasteiger partial charge >= 0.3 is 5.82 Å². The molecule has 0 saturated carbocycles. The van der Waals surface area contributed by atoms with Gasteiger partial charge < -0.3 is 0 Å². The smallest absolute Gasteiger partial charge is 0.256 e. The molecule has 2 aromatic heterocycles. The predicted octanol–water partition coefficient (Wildman–Crippen LogP) is 5.06. The number of rotatable bonds is 6. The first-order chi connectivity index (χ1) is 16.5. The SMILES string of the molecule is O=S(=O)(Nc1nc2ccccc2nc1-[n+]1cccc(Cc2ccccc2)c1)c1ccc(Br)cc1. The highest BCUT2D eigenvalue weighted by Crippen LogP contribution is 2.22. The van der Waals surface area contributed by atoms with Crippen molar-refractivity contribution in [1.29, 1.82) is 0 Å². The van der Waals surface area contributed by atoms with E-state index in [1.807, 2.05) is 60.9 Å². The summed E-state index contributed by atoms with van der Waals surface area (Å²) in [6.07, 6.45) is 4.52. The lowest BCUT2D eigenvalue weighted by Crippen LogP contribution is -2.34. The van der Waals surface area contributed by atoms with Crippen molar-refractivity contribution < 1.29 is 13.0 Å². The number of benzene rings is 3. The molecule has 0 aliphatic heterocycles. The summed E-state index contributed by atoms with van der Waals surface area (Å²) in [7, 11) is -3.87. The Morgan fingerprint density at radius 2 is 1.41 bits per heavy atom. The maximum absolute atomic E-state index is 13.1. The van der Waals surface area contributed by atoms with Gasteiger partial charge in [0.15, 0.2) is 0 Å². The Morgan fingerprint density at radius 1 is 0.765 bits per heavy atom. The first-order valence-electron chi connectivity index (χ1n) is 10.6. The highest BCUT2D eigenvalue weighted by molar-refractivity contribution is 9.10. The van der Waals surface area contributed by atoms with Crippen molar-refractivity contribution in [2.75, 3.05) is 4.72 Å². The second-order valence-corrected chi connectivity index (χ2v) is 10.3. The molecule has 0 fully saturated rings. The summed E-state index contributed by atoms with van der Waals surface area (Å²) < 4.78 is 31.5. The van der Waals surface area contributed by atoms with Gasteiger partial charge in [0, 0.05) is 10.9 Å².